The van der Waals surface area contributed by atoms with Gasteiger partial charge in [-0.2, -0.15) is 0 Å². The van der Waals surface area contributed by atoms with E-state index in [2.05, 4.69) is 0 Å². The molecule has 0 N–H and O–H groups in total. The zero-order valence-electron chi connectivity index (χ0n) is 10.2. The van der Waals surface area contributed by atoms with Gasteiger partial charge >= 0.3 is 0 Å². The fourth-order valence-electron chi connectivity index (χ4n) is 1.79. The number of non-ortho nitro benzene ring substituents is 1. The van der Waals surface area contributed by atoms with Gasteiger partial charge < -0.3 is 9.47 Å². The van der Waals surface area contributed by atoms with Crippen molar-refractivity contribution in [3.8, 4) is 0 Å². The van der Waals surface area contributed by atoms with Gasteiger partial charge in [-0.15, -0.1) is 0 Å². The average Bonchev–Trinajstić information content (AvgIpc) is 2.72. The van der Waals surface area contributed by atoms with Crippen molar-refractivity contribution in [2.24, 2.45) is 0 Å². The van der Waals surface area contributed by atoms with Crippen LogP contribution in [-0.2, 0) is 11.3 Å². The molecule has 0 saturated carbocycles. The lowest BCUT2D eigenvalue weighted by atomic mass is 10.2. The van der Waals surface area contributed by atoms with E-state index in [4.69, 9.17) is 0 Å². The third-order valence-corrected chi connectivity index (χ3v) is 2.79. The van der Waals surface area contributed by atoms with Gasteiger partial charge in [-0.25, -0.2) is 0 Å². The molecule has 0 aliphatic carbocycles. The Hall–Kier alpha value is -2.37. The van der Waals surface area contributed by atoms with Crippen molar-refractivity contribution in [1.29, 1.82) is 0 Å². The van der Waals surface area contributed by atoms with E-state index in [1.165, 1.54) is 11.0 Å². The predicted molar refractivity (Wildman–Crippen MR) is 67.3 cm³/mol. The fraction of sp³-hybridized carbons (Fsp3) is 0.250. The van der Waals surface area contributed by atoms with Crippen molar-refractivity contribution in [1.82, 2.24) is 9.47 Å². The Morgan fingerprint density at radius 3 is 2.72 bits per heavy atom. The molecule has 0 radical (unpaired) electrons. The largest absolute Gasteiger partial charge is 0.347 e. The van der Waals surface area contributed by atoms with Gasteiger partial charge in [0, 0.05) is 26.4 Å². The molecule has 2 rings (SSSR count). The number of aromatic nitrogens is 1. The normalized spacial score (nSPS) is 10.6. The van der Waals surface area contributed by atoms with Crippen molar-refractivity contribution < 1.29 is 9.72 Å². The molecule has 1 aromatic heterocycles. The van der Waals surface area contributed by atoms with Gasteiger partial charge in [0.15, 0.2) is 0 Å². The van der Waals surface area contributed by atoms with Crippen LogP contribution in [-0.4, -0.2) is 34.4 Å². The summed E-state index contributed by atoms with van der Waals surface area (Å²) >= 11 is 0. The van der Waals surface area contributed by atoms with Gasteiger partial charge in [0.05, 0.1) is 15.8 Å². The highest BCUT2D eigenvalue weighted by atomic mass is 16.6. The minimum atomic E-state index is -0.416. The number of hydrogen-bond acceptors (Lipinski definition) is 3. The van der Waals surface area contributed by atoms with Crippen LogP contribution in [0.3, 0.4) is 0 Å². The van der Waals surface area contributed by atoms with Gasteiger partial charge in [-0.05, 0) is 12.1 Å². The molecule has 0 fully saturated rings. The molecule has 0 aliphatic heterocycles. The summed E-state index contributed by atoms with van der Waals surface area (Å²) in [6.45, 7) is 0.178. The number of carbonyl (C=O) groups excluding carboxylic acids is 1. The van der Waals surface area contributed by atoms with E-state index in [-0.39, 0.29) is 18.1 Å². The molecule has 0 aliphatic rings. The summed E-state index contributed by atoms with van der Waals surface area (Å²) in [5, 5.41) is 11.4. The minimum Gasteiger partial charge on any atom is -0.347 e. The summed E-state index contributed by atoms with van der Waals surface area (Å²) < 4.78 is 1.71. The third-order valence-electron chi connectivity index (χ3n) is 2.79. The maximum Gasteiger partial charge on any atom is 0.278 e. The second kappa shape index (κ2) is 4.48. The Kier molecular flexibility index (Phi) is 3.01. The van der Waals surface area contributed by atoms with Crippen LogP contribution in [0.1, 0.15) is 0 Å². The van der Waals surface area contributed by atoms with E-state index in [0.29, 0.717) is 10.9 Å². The number of fused-ring (bicyclic) bond motifs is 1. The molecule has 0 bridgehead atoms. The van der Waals surface area contributed by atoms with Crippen molar-refractivity contribution in [2.75, 3.05) is 14.1 Å². The molecule has 6 nitrogen and oxygen atoms in total. The highest BCUT2D eigenvalue weighted by molar-refractivity contribution is 5.90. The first-order chi connectivity index (χ1) is 8.50. The Morgan fingerprint density at radius 2 is 2.11 bits per heavy atom. The van der Waals surface area contributed by atoms with Crippen LogP contribution in [0.5, 0.6) is 0 Å². The lowest BCUT2D eigenvalue weighted by Crippen LogP contribution is -2.25. The first-order valence-electron chi connectivity index (χ1n) is 5.43. The number of carbonyl (C=O) groups is 1. The van der Waals surface area contributed by atoms with E-state index in [9.17, 15) is 14.9 Å². The topological polar surface area (TPSA) is 68.4 Å². The maximum atomic E-state index is 11.6. The molecule has 1 heterocycles. The van der Waals surface area contributed by atoms with Crippen molar-refractivity contribution >= 4 is 22.5 Å². The molecule has 94 valence electrons. The summed E-state index contributed by atoms with van der Waals surface area (Å²) in [7, 11) is 3.35. The lowest BCUT2D eigenvalue weighted by Gasteiger charge is -2.11. The standard InChI is InChI=1S/C12H13N3O3/c1-13(2)12(16)8-14-7-6-9-10(14)4-3-5-11(9)15(17)18/h3-7H,8H2,1-2H3. The smallest absolute Gasteiger partial charge is 0.278 e. The Bertz CT molecular complexity index is 616. The van der Waals surface area contributed by atoms with Crippen LogP contribution in [0.2, 0.25) is 0 Å². The number of nitro groups is 1. The lowest BCUT2D eigenvalue weighted by molar-refractivity contribution is -0.383. The zero-order chi connectivity index (χ0) is 13.3. The van der Waals surface area contributed by atoms with E-state index < -0.39 is 4.92 Å². The monoisotopic (exact) mass is 247 g/mol. The highest BCUT2D eigenvalue weighted by Gasteiger charge is 2.15. The average molecular weight is 247 g/mol. The first kappa shape index (κ1) is 12.1. The molecule has 18 heavy (non-hydrogen) atoms. The number of rotatable bonds is 3. The molecule has 2 aromatic rings. The number of likely N-dealkylation sites (N-methyl/N-ethyl adjacent to an activating group) is 1. The quantitative estimate of drug-likeness (QED) is 0.611. The number of amides is 1. The van der Waals surface area contributed by atoms with Crippen LogP contribution in [0.15, 0.2) is 30.5 Å². The molecular weight excluding hydrogens is 234 g/mol. The van der Waals surface area contributed by atoms with Crippen LogP contribution in [0.4, 0.5) is 5.69 Å². The highest BCUT2D eigenvalue weighted by Crippen LogP contribution is 2.26. The van der Waals surface area contributed by atoms with E-state index in [1.54, 1.807) is 43.1 Å². The number of nitrogens with zero attached hydrogens (tertiary/aromatic N) is 3. The third kappa shape index (κ3) is 2.04. The zero-order valence-corrected chi connectivity index (χ0v) is 10.2. The second-order valence-electron chi connectivity index (χ2n) is 4.20. The molecule has 0 spiro atoms. The SMILES string of the molecule is CN(C)C(=O)Cn1ccc2c([N+](=O)[O-])cccc21. The molecule has 0 saturated heterocycles. The van der Waals surface area contributed by atoms with Gasteiger partial charge in [-0.3, -0.25) is 14.9 Å². The van der Waals surface area contributed by atoms with Crippen LogP contribution < -0.4 is 0 Å². The second-order valence-corrected chi connectivity index (χ2v) is 4.20. The summed E-state index contributed by atoms with van der Waals surface area (Å²) in [5.74, 6) is -0.0565. The molecular formula is C12H13N3O3. The maximum absolute atomic E-state index is 11.6. The van der Waals surface area contributed by atoms with Gasteiger partial charge in [0.1, 0.15) is 6.54 Å². The molecule has 0 atom stereocenters. The van der Waals surface area contributed by atoms with Gasteiger partial charge in [0.25, 0.3) is 5.69 Å². The van der Waals surface area contributed by atoms with Gasteiger partial charge in [-0.1, -0.05) is 6.07 Å². The molecule has 1 amide bonds. The Balaban J connectivity index is 2.46. The summed E-state index contributed by atoms with van der Waals surface area (Å²) in [6.07, 6.45) is 1.69. The van der Waals surface area contributed by atoms with Crippen molar-refractivity contribution in [3.05, 3.63) is 40.6 Å². The van der Waals surface area contributed by atoms with Crippen molar-refractivity contribution in [3.63, 3.8) is 0 Å². The van der Waals surface area contributed by atoms with E-state index in [1.807, 2.05) is 0 Å². The minimum absolute atomic E-state index is 0.0565. The number of benzene rings is 1. The Morgan fingerprint density at radius 1 is 1.39 bits per heavy atom. The van der Waals surface area contributed by atoms with Crippen LogP contribution in [0, 0.1) is 10.1 Å². The van der Waals surface area contributed by atoms with E-state index >= 15 is 0 Å². The number of hydrogen-bond donors (Lipinski definition) is 0. The number of nitro benzene ring substituents is 1. The summed E-state index contributed by atoms with van der Waals surface area (Å²) in [4.78, 5) is 23.6. The van der Waals surface area contributed by atoms with Crippen molar-refractivity contribution in [2.45, 2.75) is 6.54 Å². The molecule has 1 aromatic carbocycles. The van der Waals surface area contributed by atoms with Crippen LogP contribution >= 0.6 is 0 Å². The predicted octanol–water partition coefficient (Wildman–Crippen LogP) is 1.64. The summed E-state index contributed by atoms with van der Waals surface area (Å²) in [6, 6.07) is 6.51. The Labute approximate surface area is 104 Å². The molecule has 0 unspecified atom stereocenters. The molecule has 6 heteroatoms. The van der Waals surface area contributed by atoms with Crippen LogP contribution in [0.25, 0.3) is 10.9 Å². The van der Waals surface area contributed by atoms with Gasteiger partial charge in [0.2, 0.25) is 5.91 Å². The fourth-order valence-corrected chi connectivity index (χ4v) is 1.79. The summed E-state index contributed by atoms with van der Waals surface area (Å²) in [5.41, 5.74) is 0.753. The first-order valence-corrected chi connectivity index (χ1v) is 5.43. The van der Waals surface area contributed by atoms with E-state index in [0.717, 1.165) is 0 Å².